The fourth-order valence-corrected chi connectivity index (χ4v) is 3.06. The predicted molar refractivity (Wildman–Crippen MR) is 83.5 cm³/mol. The molecule has 4 nitrogen and oxygen atoms in total. The maximum Gasteiger partial charge on any atom is 0.225 e. The third kappa shape index (κ3) is 4.23. The summed E-state index contributed by atoms with van der Waals surface area (Å²) in [5.41, 5.74) is 7.14. The van der Waals surface area contributed by atoms with Crippen LogP contribution in [0.2, 0.25) is 0 Å². The lowest BCUT2D eigenvalue weighted by molar-refractivity contribution is -0.116. The van der Waals surface area contributed by atoms with Crippen molar-refractivity contribution in [2.24, 2.45) is 11.8 Å². The molecule has 1 fully saturated rings. The highest BCUT2D eigenvalue weighted by atomic mass is 16.1. The summed E-state index contributed by atoms with van der Waals surface area (Å²) >= 11 is 0. The van der Waals surface area contributed by atoms with Gasteiger partial charge < -0.3 is 16.0 Å². The molecule has 0 bridgehead atoms. The minimum Gasteiger partial charge on any atom is -0.397 e. The van der Waals surface area contributed by atoms with E-state index in [0.717, 1.165) is 31.5 Å². The first-order valence-corrected chi connectivity index (χ1v) is 7.41. The molecule has 0 aliphatic carbocycles. The van der Waals surface area contributed by atoms with Gasteiger partial charge >= 0.3 is 0 Å². The number of anilines is 2. The lowest BCUT2D eigenvalue weighted by atomic mass is 9.92. The van der Waals surface area contributed by atoms with E-state index < -0.39 is 0 Å². The normalized spacial score (nSPS) is 23.5. The summed E-state index contributed by atoms with van der Waals surface area (Å²) in [4.78, 5) is 14.4. The van der Waals surface area contributed by atoms with E-state index in [-0.39, 0.29) is 5.91 Å². The van der Waals surface area contributed by atoms with Gasteiger partial charge in [0.2, 0.25) is 5.91 Å². The number of nitrogens with zero attached hydrogens (tertiary/aromatic N) is 1. The van der Waals surface area contributed by atoms with Gasteiger partial charge in [-0.3, -0.25) is 4.79 Å². The summed E-state index contributed by atoms with van der Waals surface area (Å²) in [6.45, 7) is 7.60. The summed E-state index contributed by atoms with van der Waals surface area (Å²) in [5.74, 6) is 1.49. The van der Waals surface area contributed by atoms with Crippen molar-refractivity contribution in [3.8, 4) is 0 Å². The molecule has 1 aromatic carbocycles. The standard InChI is InChI=1S/C16H25N3O/c1-12-9-13(2)11-19(10-12)8-7-16(20)18-15-6-4-3-5-14(15)17/h3-6,12-13H,7-11,17H2,1-2H3,(H,18,20). The molecule has 2 unspecified atom stereocenters. The Morgan fingerprint density at radius 3 is 2.60 bits per heavy atom. The van der Waals surface area contributed by atoms with Crippen molar-refractivity contribution in [1.82, 2.24) is 4.90 Å². The van der Waals surface area contributed by atoms with Crippen LogP contribution in [-0.2, 0) is 4.79 Å². The van der Waals surface area contributed by atoms with Gasteiger partial charge in [0, 0.05) is 26.1 Å². The van der Waals surface area contributed by atoms with E-state index in [0.29, 0.717) is 17.8 Å². The van der Waals surface area contributed by atoms with Crippen molar-refractivity contribution in [1.29, 1.82) is 0 Å². The molecule has 2 rings (SSSR count). The predicted octanol–water partition coefficient (Wildman–Crippen LogP) is 2.58. The lowest BCUT2D eigenvalue weighted by Crippen LogP contribution is -2.40. The maximum absolute atomic E-state index is 12.0. The average molecular weight is 275 g/mol. The fourth-order valence-electron chi connectivity index (χ4n) is 3.06. The Morgan fingerprint density at radius 1 is 1.30 bits per heavy atom. The highest BCUT2D eigenvalue weighted by Crippen LogP contribution is 2.21. The molecule has 0 saturated carbocycles. The Morgan fingerprint density at radius 2 is 1.95 bits per heavy atom. The third-order valence-electron chi connectivity index (χ3n) is 3.83. The van der Waals surface area contributed by atoms with Crippen LogP contribution in [-0.4, -0.2) is 30.4 Å². The Kier molecular flexibility index (Phi) is 5.01. The van der Waals surface area contributed by atoms with Crippen LogP contribution in [0, 0.1) is 11.8 Å². The topological polar surface area (TPSA) is 58.4 Å². The Balaban J connectivity index is 1.79. The van der Waals surface area contributed by atoms with Crippen molar-refractivity contribution in [2.45, 2.75) is 26.7 Å². The van der Waals surface area contributed by atoms with Crippen molar-refractivity contribution in [3.05, 3.63) is 24.3 Å². The van der Waals surface area contributed by atoms with E-state index in [4.69, 9.17) is 5.73 Å². The zero-order chi connectivity index (χ0) is 14.5. The number of carbonyl (C=O) groups is 1. The van der Waals surface area contributed by atoms with Gasteiger partial charge in [-0.2, -0.15) is 0 Å². The third-order valence-corrected chi connectivity index (χ3v) is 3.83. The van der Waals surface area contributed by atoms with E-state index >= 15 is 0 Å². The summed E-state index contributed by atoms with van der Waals surface area (Å²) in [6, 6.07) is 7.36. The van der Waals surface area contributed by atoms with Crippen LogP contribution in [0.25, 0.3) is 0 Å². The second kappa shape index (κ2) is 6.75. The van der Waals surface area contributed by atoms with Gasteiger partial charge in [-0.1, -0.05) is 26.0 Å². The molecule has 3 N–H and O–H groups in total. The molecule has 1 aromatic rings. The van der Waals surface area contributed by atoms with Crippen molar-refractivity contribution >= 4 is 17.3 Å². The van der Waals surface area contributed by atoms with Crippen LogP contribution in [0.15, 0.2) is 24.3 Å². The summed E-state index contributed by atoms with van der Waals surface area (Å²) < 4.78 is 0. The smallest absolute Gasteiger partial charge is 0.225 e. The van der Waals surface area contributed by atoms with E-state index in [1.54, 1.807) is 6.07 Å². The first kappa shape index (κ1) is 14.9. The second-order valence-electron chi connectivity index (χ2n) is 6.09. The van der Waals surface area contributed by atoms with Crippen LogP contribution in [0.5, 0.6) is 0 Å². The van der Waals surface area contributed by atoms with Crippen molar-refractivity contribution < 1.29 is 4.79 Å². The van der Waals surface area contributed by atoms with Crippen molar-refractivity contribution in [3.63, 3.8) is 0 Å². The van der Waals surface area contributed by atoms with Gasteiger partial charge in [-0.15, -0.1) is 0 Å². The molecule has 1 amide bonds. The van der Waals surface area contributed by atoms with E-state index in [9.17, 15) is 4.79 Å². The van der Waals surface area contributed by atoms with Gasteiger partial charge in [0.15, 0.2) is 0 Å². The molecule has 0 radical (unpaired) electrons. The molecule has 2 atom stereocenters. The SMILES string of the molecule is CC1CC(C)CN(CCC(=O)Nc2ccccc2N)C1. The molecule has 4 heteroatoms. The minimum absolute atomic E-state index is 0.0359. The van der Waals surface area contributed by atoms with Gasteiger partial charge in [-0.25, -0.2) is 0 Å². The second-order valence-corrected chi connectivity index (χ2v) is 6.09. The van der Waals surface area contributed by atoms with E-state index in [1.165, 1.54) is 6.42 Å². The molecule has 0 spiro atoms. The number of rotatable bonds is 4. The number of nitrogens with one attached hydrogen (secondary N) is 1. The number of hydrogen-bond donors (Lipinski definition) is 2. The molecular formula is C16H25N3O. The Hall–Kier alpha value is -1.55. The monoisotopic (exact) mass is 275 g/mol. The van der Waals surface area contributed by atoms with Gasteiger partial charge in [0.25, 0.3) is 0 Å². The number of carbonyl (C=O) groups excluding carboxylic acids is 1. The quantitative estimate of drug-likeness (QED) is 0.830. The number of hydrogen-bond acceptors (Lipinski definition) is 3. The summed E-state index contributed by atoms with van der Waals surface area (Å²) in [6.07, 6.45) is 1.82. The number of piperidine rings is 1. The number of nitrogen functional groups attached to an aromatic ring is 1. The number of benzene rings is 1. The highest BCUT2D eigenvalue weighted by Gasteiger charge is 2.21. The largest absolute Gasteiger partial charge is 0.397 e. The van der Waals surface area contributed by atoms with E-state index in [1.807, 2.05) is 18.2 Å². The number of likely N-dealkylation sites (tertiary alicyclic amines) is 1. The van der Waals surface area contributed by atoms with Gasteiger partial charge in [0.1, 0.15) is 0 Å². The van der Waals surface area contributed by atoms with E-state index in [2.05, 4.69) is 24.1 Å². The summed E-state index contributed by atoms with van der Waals surface area (Å²) in [5, 5.41) is 2.88. The minimum atomic E-state index is 0.0359. The van der Waals surface area contributed by atoms with Gasteiger partial charge in [-0.05, 0) is 30.4 Å². The summed E-state index contributed by atoms with van der Waals surface area (Å²) in [7, 11) is 0. The molecular weight excluding hydrogens is 250 g/mol. The molecule has 1 saturated heterocycles. The lowest BCUT2D eigenvalue weighted by Gasteiger charge is -2.34. The maximum atomic E-state index is 12.0. The molecule has 1 aliphatic rings. The number of nitrogens with two attached hydrogens (primary N) is 1. The molecule has 1 aliphatic heterocycles. The van der Waals surface area contributed by atoms with Crippen LogP contribution in [0.3, 0.4) is 0 Å². The molecule has 0 aromatic heterocycles. The fraction of sp³-hybridized carbons (Fsp3) is 0.562. The van der Waals surface area contributed by atoms with Gasteiger partial charge in [0.05, 0.1) is 11.4 Å². The first-order valence-electron chi connectivity index (χ1n) is 7.41. The average Bonchev–Trinajstić information content (AvgIpc) is 2.38. The highest BCUT2D eigenvalue weighted by molar-refractivity contribution is 5.93. The van der Waals surface area contributed by atoms with Crippen LogP contribution in [0.4, 0.5) is 11.4 Å². The zero-order valence-corrected chi connectivity index (χ0v) is 12.4. The number of amides is 1. The first-order chi connectivity index (χ1) is 9.54. The van der Waals surface area contributed by atoms with Crippen molar-refractivity contribution in [2.75, 3.05) is 30.7 Å². The molecule has 20 heavy (non-hydrogen) atoms. The van der Waals surface area contributed by atoms with Crippen LogP contribution in [0.1, 0.15) is 26.7 Å². The molecule has 1 heterocycles. The Labute approximate surface area is 121 Å². The van der Waals surface area contributed by atoms with Crippen LogP contribution >= 0.6 is 0 Å². The number of para-hydroxylation sites is 2. The Bertz CT molecular complexity index is 451. The zero-order valence-electron chi connectivity index (χ0n) is 12.4. The molecule has 110 valence electrons. The van der Waals surface area contributed by atoms with Crippen LogP contribution < -0.4 is 11.1 Å².